The summed E-state index contributed by atoms with van der Waals surface area (Å²) in [6.07, 6.45) is -0.514. The molecule has 0 aliphatic rings. The van der Waals surface area contributed by atoms with Crippen LogP contribution >= 0.6 is 22.9 Å². The van der Waals surface area contributed by atoms with Crippen LogP contribution in [0.1, 0.15) is 11.7 Å². The van der Waals surface area contributed by atoms with Gasteiger partial charge in [-0.05, 0) is 31.1 Å². The third kappa shape index (κ3) is 3.10. The number of nitriles is 1. The van der Waals surface area contributed by atoms with Gasteiger partial charge in [0.2, 0.25) is 0 Å². The van der Waals surface area contributed by atoms with Crippen molar-refractivity contribution in [3.05, 3.63) is 21.3 Å². The molecule has 0 aliphatic carbocycles. The van der Waals surface area contributed by atoms with Gasteiger partial charge in [0.05, 0.1) is 10.4 Å². The second-order valence-corrected chi connectivity index (χ2v) is 9.87. The lowest BCUT2D eigenvalue weighted by Crippen LogP contribution is -2.27. The van der Waals surface area contributed by atoms with E-state index < -0.39 is 14.4 Å². The molecule has 0 saturated heterocycles. The lowest BCUT2D eigenvalue weighted by atomic mass is 10.2. The van der Waals surface area contributed by atoms with Crippen LogP contribution in [0.5, 0.6) is 0 Å². The summed E-state index contributed by atoms with van der Waals surface area (Å²) < 4.78 is 6.36. The third-order valence-corrected chi connectivity index (χ3v) is 3.66. The molecule has 14 heavy (non-hydrogen) atoms. The minimum atomic E-state index is -1.70. The van der Waals surface area contributed by atoms with Crippen molar-refractivity contribution in [2.24, 2.45) is 0 Å². The predicted octanol–water partition coefficient (Wildman–Crippen LogP) is 3.82. The molecule has 1 aromatic rings. The van der Waals surface area contributed by atoms with Crippen LogP contribution in [0, 0.1) is 11.3 Å². The first-order valence-electron chi connectivity index (χ1n) is 4.24. The fraction of sp³-hybridized carbons (Fsp3) is 0.444. The van der Waals surface area contributed by atoms with Gasteiger partial charge < -0.3 is 4.43 Å². The highest BCUT2D eigenvalue weighted by molar-refractivity contribution is 7.14. The van der Waals surface area contributed by atoms with E-state index in [0.717, 1.165) is 5.56 Å². The van der Waals surface area contributed by atoms with Crippen LogP contribution in [0.15, 0.2) is 11.4 Å². The van der Waals surface area contributed by atoms with Crippen molar-refractivity contribution in [1.29, 1.82) is 5.26 Å². The molecule has 0 radical (unpaired) electrons. The van der Waals surface area contributed by atoms with Crippen LogP contribution < -0.4 is 0 Å². The molecule has 0 spiro atoms. The van der Waals surface area contributed by atoms with Crippen molar-refractivity contribution < 1.29 is 4.43 Å². The van der Waals surface area contributed by atoms with Crippen LogP contribution in [0.2, 0.25) is 24.0 Å². The molecular formula is C9H12ClNOSSi. The molecule has 1 rings (SSSR count). The quantitative estimate of drug-likeness (QED) is 0.759. The Morgan fingerprint density at radius 2 is 2.21 bits per heavy atom. The van der Waals surface area contributed by atoms with Crippen molar-refractivity contribution >= 4 is 31.3 Å². The Hall–Kier alpha value is -0.343. The van der Waals surface area contributed by atoms with E-state index in [-0.39, 0.29) is 0 Å². The van der Waals surface area contributed by atoms with Crippen LogP contribution in [-0.4, -0.2) is 8.32 Å². The van der Waals surface area contributed by atoms with Gasteiger partial charge in [-0.25, -0.2) is 0 Å². The summed E-state index contributed by atoms with van der Waals surface area (Å²) in [5, 5.41) is 10.8. The average Bonchev–Trinajstić information content (AvgIpc) is 2.45. The van der Waals surface area contributed by atoms with Crippen molar-refractivity contribution in [2.75, 3.05) is 0 Å². The fourth-order valence-electron chi connectivity index (χ4n) is 1.00. The van der Waals surface area contributed by atoms with E-state index in [2.05, 4.69) is 25.7 Å². The van der Waals surface area contributed by atoms with Gasteiger partial charge in [-0.3, -0.25) is 0 Å². The van der Waals surface area contributed by atoms with E-state index in [4.69, 9.17) is 21.3 Å². The Morgan fingerprint density at radius 1 is 1.57 bits per heavy atom. The Balaban J connectivity index is 2.85. The van der Waals surface area contributed by atoms with Crippen LogP contribution in [0.3, 0.4) is 0 Å². The summed E-state index contributed by atoms with van der Waals surface area (Å²) in [5.41, 5.74) is 0.793. The third-order valence-electron chi connectivity index (χ3n) is 1.52. The van der Waals surface area contributed by atoms with Crippen LogP contribution in [0.4, 0.5) is 0 Å². The lowest BCUT2D eigenvalue weighted by Gasteiger charge is -2.21. The molecular weight excluding hydrogens is 234 g/mol. The molecule has 1 atom stereocenters. The molecule has 0 bridgehead atoms. The van der Waals surface area contributed by atoms with E-state index in [9.17, 15) is 0 Å². The van der Waals surface area contributed by atoms with E-state index in [1.54, 1.807) is 0 Å². The van der Waals surface area contributed by atoms with E-state index in [1.165, 1.54) is 11.3 Å². The second kappa shape index (κ2) is 4.45. The first-order valence-corrected chi connectivity index (χ1v) is 8.91. The molecule has 2 nitrogen and oxygen atoms in total. The molecule has 0 amide bonds. The van der Waals surface area contributed by atoms with Gasteiger partial charge in [0, 0.05) is 5.56 Å². The number of thiophene rings is 1. The normalized spacial score (nSPS) is 13.6. The highest BCUT2D eigenvalue weighted by atomic mass is 35.5. The minimum absolute atomic E-state index is 0.514. The molecule has 1 heterocycles. The lowest BCUT2D eigenvalue weighted by molar-refractivity contribution is 0.255. The van der Waals surface area contributed by atoms with Gasteiger partial charge in [0.1, 0.15) is 0 Å². The van der Waals surface area contributed by atoms with E-state index >= 15 is 0 Å². The number of nitrogens with zero attached hydrogens (tertiary/aromatic N) is 1. The highest BCUT2D eigenvalue weighted by Crippen LogP contribution is 2.31. The maximum absolute atomic E-state index is 8.98. The SMILES string of the molecule is C[Si](C)(C)OC(C#N)c1ccsc1Cl. The first kappa shape index (κ1) is 11.7. The van der Waals surface area contributed by atoms with Gasteiger partial charge in [-0.2, -0.15) is 5.26 Å². The molecule has 0 saturated carbocycles. The van der Waals surface area contributed by atoms with Gasteiger partial charge in [-0.1, -0.05) is 11.6 Å². The van der Waals surface area contributed by atoms with E-state index in [0.29, 0.717) is 4.34 Å². The highest BCUT2D eigenvalue weighted by Gasteiger charge is 2.24. The average molecular weight is 246 g/mol. The van der Waals surface area contributed by atoms with Crippen molar-refractivity contribution in [3.63, 3.8) is 0 Å². The Morgan fingerprint density at radius 3 is 2.57 bits per heavy atom. The molecule has 1 unspecified atom stereocenters. The number of hydrogen-bond donors (Lipinski definition) is 0. The summed E-state index contributed by atoms with van der Waals surface area (Å²) in [7, 11) is -1.70. The molecule has 0 aromatic carbocycles. The van der Waals surface area contributed by atoms with Crippen LogP contribution in [-0.2, 0) is 4.43 Å². The Kier molecular flexibility index (Phi) is 3.73. The fourth-order valence-corrected chi connectivity index (χ4v) is 2.85. The molecule has 1 aromatic heterocycles. The molecule has 0 fully saturated rings. The summed E-state index contributed by atoms with van der Waals surface area (Å²) in [4.78, 5) is 0. The van der Waals surface area contributed by atoms with E-state index in [1.807, 2.05) is 11.4 Å². The summed E-state index contributed by atoms with van der Waals surface area (Å²) in [6.45, 7) is 6.16. The van der Waals surface area contributed by atoms with Gasteiger partial charge in [-0.15, -0.1) is 11.3 Å². The summed E-state index contributed by atoms with van der Waals surface area (Å²) >= 11 is 7.37. The van der Waals surface area contributed by atoms with Crippen molar-refractivity contribution in [3.8, 4) is 6.07 Å². The van der Waals surface area contributed by atoms with Crippen molar-refractivity contribution in [1.82, 2.24) is 0 Å². The zero-order valence-corrected chi connectivity index (χ0v) is 10.9. The predicted molar refractivity (Wildman–Crippen MR) is 62.1 cm³/mol. The zero-order valence-electron chi connectivity index (χ0n) is 8.37. The first-order chi connectivity index (χ1) is 6.44. The number of halogens is 1. The summed E-state index contributed by atoms with van der Waals surface area (Å²) in [6, 6.07) is 3.98. The van der Waals surface area contributed by atoms with Gasteiger partial charge in [0.25, 0.3) is 0 Å². The molecule has 5 heteroatoms. The smallest absolute Gasteiger partial charge is 0.186 e. The van der Waals surface area contributed by atoms with Crippen molar-refractivity contribution in [2.45, 2.75) is 25.7 Å². The maximum atomic E-state index is 8.98. The van der Waals surface area contributed by atoms with Gasteiger partial charge in [0.15, 0.2) is 14.4 Å². The van der Waals surface area contributed by atoms with Crippen LogP contribution in [0.25, 0.3) is 0 Å². The monoisotopic (exact) mass is 245 g/mol. The Labute approximate surface area is 94.2 Å². The zero-order chi connectivity index (χ0) is 10.8. The topological polar surface area (TPSA) is 33.0 Å². The molecule has 0 aliphatic heterocycles. The number of hydrogen-bond acceptors (Lipinski definition) is 3. The summed E-state index contributed by atoms with van der Waals surface area (Å²) in [5.74, 6) is 0. The molecule has 76 valence electrons. The number of rotatable bonds is 3. The van der Waals surface area contributed by atoms with Gasteiger partial charge >= 0.3 is 0 Å². The largest absolute Gasteiger partial charge is 0.399 e. The standard InChI is InChI=1S/C9H12ClNOSSi/c1-14(2,3)12-8(6-11)7-4-5-13-9(7)10/h4-5,8H,1-3H3. The maximum Gasteiger partial charge on any atom is 0.186 e. The minimum Gasteiger partial charge on any atom is -0.399 e. The second-order valence-electron chi connectivity index (χ2n) is 3.89. The Bertz CT molecular complexity index is 352. The molecule has 0 N–H and O–H groups in total.